The summed E-state index contributed by atoms with van der Waals surface area (Å²) < 4.78 is 13.4. The molecule has 0 atom stereocenters. The van der Waals surface area contributed by atoms with Gasteiger partial charge in [-0.05, 0) is 48.0 Å². The van der Waals surface area contributed by atoms with E-state index in [4.69, 9.17) is 16.9 Å². The van der Waals surface area contributed by atoms with Gasteiger partial charge in [0.1, 0.15) is 5.82 Å². The Morgan fingerprint density at radius 1 is 1.21 bits per heavy atom. The van der Waals surface area contributed by atoms with Crippen LogP contribution in [0.3, 0.4) is 0 Å². The van der Waals surface area contributed by atoms with E-state index in [-0.39, 0.29) is 0 Å². The molecule has 0 radical (unpaired) electrons. The molecule has 2 rings (SSSR count). The summed E-state index contributed by atoms with van der Waals surface area (Å²) >= 11 is 6.17. The number of hydrogen-bond acceptors (Lipinski definition) is 2. The van der Waals surface area contributed by atoms with E-state index in [0.29, 0.717) is 22.7 Å². The number of benzene rings is 2. The van der Waals surface area contributed by atoms with Crippen LogP contribution in [0.15, 0.2) is 36.4 Å². The number of rotatable bonds is 3. The normalized spacial score (nSPS) is 10.2. The Labute approximate surface area is 116 Å². The van der Waals surface area contributed by atoms with E-state index < -0.39 is 5.82 Å². The topological polar surface area (TPSA) is 35.8 Å². The molecule has 0 amide bonds. The number of halogens is 2. The molecule has 0 unspecified atom stereocenters. The van der Waals surface area contributed by atoms with Gasteiger partial charge in [-0.15, -0.1) is 0 Å². The van der Waals surface area contributed by atoms with Crippen LogP contribution in [0.1, 0.15) is 11.1 Å². The quantitative estimate of drug-likeness (QED) is 0.925. The summed E-state index contributed by atoms with van der Waals surface area (Å²) in [7, 11) is 1.84. The smallest absolute Gasteiger partial charge is 0.125 e. The predicted molar refractivity (Wildman–Crippen MR) is 74.3 cm³/mol. The van der Waals surface area contributed by atoms with E-state index in [9.17, 15) is 4.39 Å². The average molecular weight is 275 g/mol. The summed E-state index contributed by atoms with van der Waals surface area (Å²) in [5, 5.41) is 12.5. The number of hydrogen-bond donors (Lipinski definition) is 1. The second kappa shape index (κ2) is 5.83. The molecule has 1 N–H and O–H groups in total. The van der Waals surface area contributed by atoms with E-state index in [1.165, 1.54) is 12.1 Å². The van der Waals surface area contributed by atoms with E-state index >= 15 is 0 Å². The van der Waals surface area contributed by atoms with E-state index in [1.807, 2.05) is 25.2 Å². The predicted octanol–water partition coefficient (Wildman–Crippen LogP) is 3.74. The lowest BCUT2D eigenvalue weighted by Gasteiger charge is -2.07. The summed E-state index contributed by atoms with van der Waals surface area (Å²) in [5.74, 6) is -0.426. The highest BCUT2D eigenvalue weighted by Crippen LogP contribution is 2.27. The van der Waals surface area contributed by atoms with Gasteiger partial charge in [-0.2, -0.15) is 5.26 Å². The zero-order valence-corrected chi connectivity index (χ0v) is 11.1. The van der Waals surface area contributed by atoms with Crippen molar-refractivity contribution < 1.29 is 4.39 Å². The van der Waals surface area contributed by atoms with Crippen LogP contribution in [-0.4, -0.2) is 7.05 Å². The summed E-state index contributed by atoms with van der Waals surface area (Å²) in [6, 6.07) is 11.7. The maximum absolute atomic E-state index is 13.4. The molecule has 0 aromatic heterocycles. The Kier molecular flexibility index (Phi) is 4.16. The van der Waals surface area contributed by atoms with Gasteiger partial charge in [-0.1, -0.05) is 23.7 Å². The molecule has 4 heteroatoms. The van der Waals surface area contributed by atoms with Crippen LogP contribution in [0.5, 0.6) is 0 Å². The van der Waals surface area contributed by atoms with Crippen LogP contribution in [0.4, 0.5) is 4.39 Å². The molecule has 0 heterocycles. The molecule has 0 aliphatic heterocycles. The highest BCUT2D eigenvalue weighted by atomic mass is 35.5. The first-order chi connectivity index (χ1) is 9.13. The SMILES string of the molecule is CNCc1ccc(-c2cc(F)cc(C#N)c2)cc1Cl. The summed E-state index contributed by atoms with van der Waals surface area (Å²) in [4.78, 5) is 0. The molecule has 0 aliphatic carbocycles. The highest BCUT2D eigenvalue weighted by molar-refractivity contribution is 6.31. The minimum absolute atomic E-state index is 0.297. The van der Waals surface area contributed by atoms with Crippen LogP contribution in [0.2, 0.25) is 5.02 Å². The second-order valence-corrected chi connectivity index (χ2v) is 4.58. The average Bonchev–Trinajstić information content (AvgIpc) is 2.40. The van der Waals surface area contributed by atoms with Gasteiger partial charge in [0.15, 0.2) is 0 Å². The van der Waals surface area contributed by atoms with Gasteiger partial charge in [0.25, 0.3) is 0 Å². The van der Waals surface area contributed by atoms with Gasteiger partial charge in [0.2, 0.25) is 0 Å². The van der Waals surface area contributed by atoms with Crippen molar-refractivity contribution in [2.24, 2.45) is 0 Å². The van der Waals surface area contributed by atoms with E-state index in [1.54, 1.807) is 12.1 Å². The largest absolute Gasteiger partial charge is 0.316 e. The van der Waals surface area contributed by atoms with Crippen LogP contribution in [0, 0.1) is 17.1 Å². The minimum Gasteiger partial charge on any atom is -0.316 e. The Morgan fingerprint density at radius 3 is 2.63 bits per heavy atom. The van der Waals surface area contributed by atoms with Crippen molar-refractivity contribution >= 4 is 11.6 Å². The van der Waals surface area contributed by atoms with Crippen LogP contribution >= 0.6 is 11.6 Å². The first-order valence-corrected chi connectivity index (χ1v) is 6.16. The molecule has 2 nitrogen and oxygen atoms in total. The zero-order chi connectivity index (χ0) is 13.8. The number of nitrogens with zero attached hydrogens (tertiary/aromatic N) is 1. The van der Waals surface area contributed by atoms with Crippen LogP contribution in [-0.2, 0) is 6.54 Å². The van der Waals surface area contributed by atoms with Crippen molar-refractivity contribution in [2.75, 3.05) is 7.05 Å². The van der Waals surface area contributed by atoms with Gasteiger partial charge in [-0.25, -0.2) is 4.39 Å². The summed E-state index contributed by atoms with van der Waals surface area (Å²) in [6.45, 7) is 0.672. The molecule has 96 valence electrons. The molecule has 19 heavy (non-hydrogen) atoms. The van der Waals surface area contributed by atoms with Gasteiger partial charge in [0.05, 0.1) is 11.6 Å². The van der Waals surface area contributed by atoms with Gasteiger partial charge in [-0.3, -0.25) is 0 Å². The van der Waals surface area contributed by atoms with Crippen molar-refractivity contribution in [2.45, 2.75) is 6.54 Å². The summed E-state index contributed by atoms with van der Waals surface area (Å²) in [5.41, 5.74) is 2.71. The van der Waals surface area contributed by atoms with Crippen molar-refractivity contribution in [1.29, 1.82) is 5.26 Å². The second-order valence-electron chi connectivity index (χ2n) is 4.18. The number of nitriles is 1. The molecule has 0 aliphatic rings. The van der Waals surface area contributed by atoms with E-state index in [2.05, 4.69) is 5.32 Å². The molecular weight excluding hydrogens is 263 g/mol. The monoisotopic (exact) mass is 274 g/mol. The lowest BCUT2D eigenvalue weighted by atomic mass is 10.0. The molecule has 2 aromatic carbocycles. The lowest BCUT2D eigenvalue weighted by molar-refractivity contribution is 0.628. The first-order valence-electron chi connectivity index (χ1n) is 5.78. The molecule has 2 aromatic rings. The Hall–Kier alpha value is -1.89. The van der Waals surface area contributed by atoms with Gasteiger partial charge >= 0.3 is 0 Å². The summed E-state index contributed by atoms with van der Waals surface area (Å²) in [6.07, 6.45) is 0. The third kappa shape index (κ3) is 3.11. The molecule has 0 saturated carbocycles. The highest BCUT2D eigenvalue weighted by Gasteiger charge is 2.06. The molecule has 0 saturated heterocycles. The van der Waals surface area contributed by atoms with Gasteiger partial charge in [0, 0.05) is 11.6 Å². The fourth-order valence-electron chi connectivity index (χ4n) is 1.88. The number of nitrogens with one attached hydrogen (secondary N) is 1. The van der Waals surface area contributed by atoms with Crippen LogP contribution < -0.4 is 5.32 Å². The molecule has 0 fully saturated rings. The minimum atomic E-state index is -0.426. The third-order valence-electron chi connectivity index (χ3n) is 2.78. The van der Waals surface area contributed by atoms with Crippen LogP contribution in [0.25, 0.3) is 11.1 Å². The molecule has 0 spiro atoms. The van der Waals surface area contributed by atoms with Crippen molar-refractivity contribution in [3.8, 4) is 17.2 Å². The van der Waals surface area contributed by atoms with Crippen molar-refractivity contribution in [3.63, 3.8) is 0 Å². The lowest BCUT2D eigenvalue weighted by Crippen LogP contribution is -2.05. The Bertz CT molecular complexity index is 647. The Morgan fingerprint density at radius 2 is 2.00 bits per heavy atom. The molecular formula is C15H12ClFN2. The Balaban J connectivity index is 2.45. The third-order valence-corrected chi connectivity index (χ3v) is 3.13. The maximum atomic E-state index is 13.4. The van der Waals surface area contributed by atoms with Gasteiger partial charge < -0.3 is 5.32 Å². The molecule has 0 bridgehead atoms. The fraction of sp³-hybridized carbons (Fsp3) is 0.133. The fourth-order valence-corrected chi connectivity index (χ4v) is 2.13. The van der Waals surface area contributed by atoms with Crippen molar-refractivity contribution in [1.82, 2.24) is 5.32 Å². The first kappa shape index (κ1) is 13.5. The van der Waals surface area contributed by atoms with Crippen molar-refractivity contribution in [3.05, 3.63) is 58.4 Å². The zero-order valence-electron chi connectivity index (χ0n) is 10.4. The maximum Gasteiger partial charge on any atom is 0.125 e. The van der Waals surface area contributed by atoms with E-state index in [0.717, 1.165) is 11.1 Å². The standard InChI is InChI=1S/C15H12ClFN2/c1-19-9-12-3-2-11(7-15(12)16)13-4-10(8-18)5-14(17)6-13/h2-7,19H,9H2,1H3.